The highest BCUT2D eigenvalue weighted by atomic mass is 16.3. The maximum absolute atomic E-state index is 9.15. The predicted octanol–water partition coefficient (Wildman–Crippen LogP) is 1.40. The van der Waals surface area contributed by atoms with Crippen LogP contribution in [0.1, 0.15) is 32.6 Å². The minimum absolute atomic E-state index is 0.204. The van der Waals surface area contributed by atoms with E-state index < -0.39 is 0 Å². The highest BCUT2D eigenvalue weighted by Crippen LogP contribution is 2.30. The summed E-state index contributed by atoms with van der Waals surface area (Å²) in [5.41, 5.74) is 0. The zero-order chi connectivity index (χ0) is 10.4. The van der Waals surface area contributed by atoms with Gasteiger partial charge in [-0.15, -0.1) is 6.42 Å². The summed E-state index contributed by atoms with van der Waals surface area (Å²) in [6, 6.07) is 0.204. The van der Waals surface area contributed by atoms with Gasteiger partial charge < -0.3 is 10.4 Å². The van der Waals surface area contributed by atoms with Gasteiger partial charge in [-0.25, -0.2) is 0 Å². The van der Waals surface area contributed by atoms with Crippen molar-refractivity contribution in [2.45, 2.75) is 38.6 Å². The Morgan fingerprint density at radius 3 is 2.79 bits per heavy atom. The van der Waals surface area contributed by atoms with Crippen molar-refractivity contribution in [3.63, 3.8) is 0 Å². The molecule has 0 aromatic rings. The summed E-state index contributed by atoms with van der Waals surface area (Å²) >= 11 is 0. The van der Waals surface area contributed by atoms with E-state index in [1.165, 1.54) is 19.3 Å². The molecule has 1 saturated carbocycles. The Bertz CT molecular complexity index is 197. The van der Waals surface area contributed by atoms with Crippen LogP contribution >= 0.6 is 0 Å². The molecule has 80 valence electrons. The van der Waals surface area contributed by atoms with Gasteiger partial charge in [-0.2, -0.15) is 0 Å². The zero-order valence-corrected chi connectivity index (χ0v) is 9.00. The van der Waals surface area contributed by atoms with Crippen LogP contribution in [0.25, 0.3) is 0 Å². The van der Waals surface area contributed by atoms with Crippen LogP contribution in [-0.2, 0) is 0 Å². The molecule has 1 aliphatic rings. The Labute approximate surface area is 87.1 Å². The number of aliphatic hydroxyl groups excluding tert-OH is 1. The maximum atomic E-state index is 9.15. The average molecular weight is 195 g/mol. The van der Waals surface area contributed by atoms with Gasteiger partial charge in [0.25, 0.3) is 0 Å². The molecule has 0 amide bonds. The van der Waals surface area contributed by atoms with Gasteiger partial charge in [0.1, 0.15) is 0 Å². The minimum atomic E-state index is 0.204. The van der Waals surface area contributed by atoms with Crippen molar-refractivity contribution in [2.24, 2.45) is 11.8 Å². The van der Waals surface area contributed by atoms with Crippen LogP contribution in [0.2, 0.25) is 0 Å². The molecule has 0 saturated heterocycles. The number of terminal acetylenes is 1. The molecule has 0 aromatic heterocycles. The van der Waals surface area contributed by atoms with E-state index in [-0.39, 0.29) is 6.04 Å². The second-order valence-electron chi connectivity index (χ2n) is 4.17. The average Bonchev–Trinajstić information content (AvgIpc) is 2.67. The van der Waals surface area contributed by atoms with Crippen molar-refractivity contribution in [1.82, 2.24) is 5.32 Å². The summed E-state index contributed by atoms with van der Waals surface area (Å²) in [6.07, 6.45) is 10.0. The fourth-order valence-corrected chi connectivity index (χ4v) is 2.24. The van der Waals surface area contributed by atoms with Crippen LogP contribution in [-0.4, -0.2) is 24.3 Å². The predicted molar refractivity (Wildman–Crippen MR) is 58.8 cm³/mol. The molecule has 2 N–H and O–H groups in total. The van der Waals surface area contributed by atoms with Gasteiger partial charge in [0.15, 0.2) is 0 Å². The first-order valence-corrected chi connectivity index (χ1v) is 5.62. The van der Waals surface area contributed by atoms with Gasteiger partial charge in [0.2, 0.25) is 0 Å². The molecule has 0 aromatic carbocycles. The Kier molecular flexibility index (Phi) is 5.00. The van der Waals surface area contributed by atoms with E-state index in [9.17, 15) is 0 Å². The second kappa shape index (κ2) is 6.06. The molecule has 1 rings (SSSR count). The summed E-state index contributed by atoms with van der Waals surface area (Å²) in [5.74, 6) is 3.86. The number of nitrogens with one attached hydrogen (secondary N) is 1. The molecule has 0 radical (unpaired) electrons. The summed E-state index contributed by atoms with van der Waals surface area (Å²) in [5, 5.41) is 12.5. The molecule has 0 bridgehead atoms. The van der Waals surface area contributed by atoms with E-state index >= 15 is 0 Å². The van der Waals surface area contributed by atoms with Crippen molar-refractivity contribution < 1.29 is 5.11 Å². The number of rotatable bonds is 5. The van der Waals surface area contributed by atoms with Crippen molar-refractivity contribution in [1.29, 1.82) is 0 Å². The molecule has 14 heavy (non-hydrogen) atoms. The second-order valence-corrected chi connectivity index (χ2v) is 4.17. The fourth-order valence-electron chi connectivity index (χ4n) is 2.24. The maximum Gasteiger partial charge on any atom is 0.0684 e. The molecule has 1 aliphatic carbocycles. The lowest BCUT2D eigenvalue weighted by Gasteiger charge is -2.20. The topological polar surface area (TPSA) is 32.3 Å². The van der Waals surface area contributed by atoms with E-state index in [1.807, 2.05) is 0 Å². The number of aliphatic hydroxyl groups is 1. The molecule has 3 unspecified atom stereocenters. The minimum Gasteiger partial charge on any atom is -0.396 e. The first kappa shape index (κ1) is 11.6. The molecule has 3 atom stereocenters. The Hall–Kier alpha value is -0.520. The quantitative estimate of drug-likeness (QED) is 0.650. The monoisotopic (exact) mass is 195 g/mol. The molecular formula is C12H21NO. The summed E-state index contributed by atoms with van der Waals surface area (Å²) in [7, 11) is 0. The van der Waals surface area contributed by atoms with Crippen molar-refractivity contribution in [3.05, 3.63) is 0 Å². The number of hydrogen-bond donors (Lipinski definition) is 2. The first-order valence-electron chi connectivity index (χ1n) is 5.62. The van der Waals surface area contributed by atoms with E-state index in [2.05, 4.69) is 18.2 Å². The van der Waals surface area contributed by atoms with Crippen LogP contribution in [0.15, 0.2) is 0 Å². The summed E-state index contributed by atoms with van der Waals surface area (Å²) in [6.45, 7) is 3.39. The van der Waals surface area contributed by atoms with Crippen LogP contribution in [0.4, 0.5) is 0 Å². The van der Waals surface area contributed by atoms with Crippen LogP contribution in [0, 0.1) is 24.2 Å². The van der Waals surface area contributed by atoms with Crippen LogP contribution in [0.3, 0.4) is 0 Å². The third-order valence-corrected chi connectivity index (χ3v) is 3.29. The van der Waals surface area contributed by atoms with E-state index in [4.69, 9.17) is 11.5 Å². The van der Waals surface area contributed by atoms with Crippen molar-refractivity contribution in [3.8, 4) is 12.3 Å². The highest BCUT2D eigenvalue weighted by molar-refractivity contribution is 4.98. The Morgan fingerprint density at radius 2 is 2.21 bits per heavy atom. The van der Waals surface area contributed by atoms with Crippen LogP contribution < -0.4 is 5.32 Å². The SMILES string of the molecule is C#CC(CC)NCC1CCCC1CO. The van der Waals surface area contributed by atoms with Gasteiger partial charge in [0.05, 0.1) is 6.04 Å². The fraction of sp³-hybridized carbons (Fsp3) is 0.833. The van der Waals surface area contributed by atoms with E-state index in [0.717, 1.165) is 13.0 Å². The molecule has 2 nitrogen and oxygen atoms in total. The van der Waals surface area contributed by atoms with Crippen LogP contribution in [0.5, 0.6) is 0 Å². The molecule has 0 heterocycles. The molecule has 1 fully saturated rings. The van der Waals surface area contributed by atoms with Gasteiger partial charge in [-0.3, -0.25) is 0 Å². The Balaban J connectivity index is 2.26. The largest absolute Gasteiger partial charge is 0.396 e. The summed E-state index contributed by atoms with van der Waals surface area (Å²) in [4.78, 5) is 0. The van der Waals surface area contributed by atoms with Gasteiger partial charge in [0, 0.05) is 6.61 Å². The number of hydrogen-bond acceptors (Lipinski definition) is 2. The lowest BCUT2D eigenvalue weighted by Crippen LogP contribution is -2.33. The normalized spacial score (nSPS) is 28.6. The van der Waals surface area contributed by atoms with E-state index in [1.54, 1.807) is 0 Å². The summed E-state index contributed by atoms with van der Waals surface area (Å²) < 4.78 is 0. The van der Waals surface area contributed by atoms with Crippen molar-refractivity contribution in [2.75, 3.05) is 13.2 Å². The van der Waals surface area contributed by atoms with E-state index in [0.29, 0.717) is 18.4 Å². The third-order valence-electron chi connectivity index (χ3n) is 3.29. The smallest absolute Gasteiger partial charge is 0.0684 e. The molecule has 0 aliphatic heterocycles. The molecular weight excluding hydrogens is 174 g/mol. The Morgan fingerprint density at radius 1 is 1.50 bits per heavy atom. The van der Waals surface area contributed by atoms with Gasteiger partial charge in [-0.05, 0) is 37.6 Å². The first-order chi connectivity index (χ1) is 6.81. The van der Waals surface area contributed by atoms with Crippen molar-refractivity contribution >= 4 is 0 Å². The molecule has 0 spiro atoms. The van der Waals surface area contributed by atoms with Gasteiger partial charge >= 0.3 is 0 Å². The zero-order valence-electron chi connectivity index (χ0n) is 9.00. The molecule has 2 heteroatoms. The third kappa shape index (κ3) is 3.01. The highest BCUT2D eigenvalue weighted by Gasteiger charge is 2.26. The lowest BCUT2D eigenvalue weighted by molar-refractivity contribution is 0.191. The lowest BCUT2D eigenvalue weighted by atomic mass is 9.96. The van der Waals surface area contributed by atoms with Gasteiger partial charge in [-0.1, -0.05) is 19.3 Å². The standard InChI is InChI=1S/C12H21NO/c1-3-12(4-2)13-8-10-6-5-7-11(10)9-14/h1,10-14H,4-9H2,2H3.